The van der Waals surface area contributed by atoms with Gasteiger partial charge < -0.3 is 10.1 Å². The number of benzene rings is 1. The summed E-state index contributed by atoms with van der Waals surface area (Å²) >= 11 is 1.75. The van der Waals surface area contributed by atoms with Crippen LogP contribution in [-0.4, -0.2) is 19.6 Å². The number of hydrogen-bond acceptors (Lipinski definition) is 3. The maximum absolute atomic E-state index is 11.8. The molecule has 1 aromatic heterocycles. The lowest BCUT2D eigenvalue weighted by Crippen LogP contribution is -2.25. The quantitative estimate of drug-likeness (QED) is 0.811. The molecule has 0 bridgehead atoms. The average molecular weight is 303 g/mol. The fraction of sp³-hybridized carbons (Fsp3) is 0.353. The molecular weight excluding hydrogens is 282 g/mol. The van der Waals surface area contributed by atoms with Crippen LogP contribution in [0.2, 0.25) is 0 Å². The van der Waals surface area contributed by atoms with E-state index in [1.807, 2.05) is 30.3 Å². The number of thiophene rings is 1. The van der Waals surface area contributed by atoms with Gasteiger partial charge in [0.1, 0.15) is 5.75 Å². The third-order valence-electron chi connectivity index (χ3n) is 3.28. The second kappa shape index (κ2) is 8.47. The number of carbonyl (C=O) groups is 1. The first-order valence-corrected chi connectivity index (χ1v) is 8.08. The molecule has 1 amide bonds. The fourth-order valence-corrected chi connectivity index (χ4v) is 2.89. The highest BCUT2D eigenvalue weighted by atomic mass is 32.1. The number of methoxy groups -OCH3 is 1. The van der Waals surface area contributed by atoms with Crippen molar-refractivity contribution in [3.05, 3.63) is 52.2 Å². The molecule has 112 valence electrons. The lowest BCUT2D eigenvalue weighted by molar-refractivity contribution is -0.121. The number of nitrogens with one attached hydrogen (secondary N) is 1. The molecule has 0 radical (unpaired) electrons. The van der Waals surface area contributed by atoms with Gasteiger partial charge in [-0.3, -0.25) is 4.79 Å². The minimum absolute atomic E-state index is 0.134. The third-order valence-corrected chi connectivity index (χ3v) is 4.21. The Bertz CT molecular complexity index is 552. The predicted octanol–water partition coefficient (Wildman–Crippen LogP) is 3.44. The van der Waals surface area contributed by atoms with Crippen molar-refractivity contribution in [1.82, 2.24) is 5.32 Å². The lowest BCUT2D eigenvalue weighted by atomic mass is 10.1. The van der Waals surface area contributed by atoms with Crippen molar-refractivity contribution in [3.63, 3.8) is 0 Å². The lowest BCUT2D eigenvalue weighted by Gasteiger charge is -2.06. The van der Waals surface area contributed by atoms with Gasteiger partial charge >= 0.3 is 0 Å². The van der Waals surface area contributed by atoms with Crippen molar-refractivity contribution in [2.75, 3.05) is 13.7 Å². The van der Waals surface area contributed by atoms with E-state index in [9.17, 15) is 4.79 Å². The van der Waals surface area contributed by atoms with Crippen molar-refractivity contribution < 1.29 is 9.53 Å². The van der Waals surface area contributed by atoms with Gasteiger partial charge in [-0.1, -0.05) is 18.2 Å². The van der Waals surface area contributed by atoms with Crippen LogP contribution in [0.5, 0.6) is 5.75 Å². The van der Waals surface area contributed by atoms with Gasteiger partial charge in [-0.15, -0.1) is 11.3 Å². The molecule has 0 atom stereocenters. The molecule has 0 aliphatic heterocycles. The van der Waals surface area contributed by atoms with E-state index < -0.39 is 0 Å². The number of ether oxygens (including phenoxy) is 1. The Balaban J connectivity index is 1.62. The summed E-state index contributed by atoms with van der Waals surface area (Å²) in [5, 5.41) is 5.05. The average Bonchev–Trinajstić information content (AvgIpc) is 3.01. The molecule has 1 heterocycles. The Morgan fingerprint density at radius 2 is 2.14 bits per heavy atom. The SMILES string of the molecule is COc1cccc(CCNC(=O)CCCc2cccs2)c1. The molecular formula is C17H21NO2S. The topological polar surface area (TPSA) is 38.3 Å². The van der Waals surface area contributed by atoms with E-state index in [1.54, 1.807) is 18.4 Å². The Morgan fingerprint density at radius 3 is 2.90 bits per heavy atom. The van der Waals surface area contributed by atoms with Crippen LogP contribution in [-0.2, 0) is 17.6 Å². The van der Waals surface area contributed by atoms with Gasteiger partial charge in [0, 0.05) is 17.8 Å². The van der Waals surface area contributed by atoms with Crippen LogP contribution in [0.1, 0.15) is 23.3 Å². The maximum Gasteiger partial charge on any atom is 0.220 e. The van der Waals surface area contributed by atoms with E-state index in [-0.39, 0.29) is 5.91 Å². The number of amides is 1. The van der Waals surface area contributed by atoms with Crippen molar-refractivity contribution in [3.8, 4) is 5.75 Å². The highest BCUT2D eigenvalue weighted by Crippen LogP contribution is 2.13. The van der Waals surface area contributed by atoms with Crippen LogP contribution >= 0.6 is 11.3 Å². The molecule has 0 aliphatic rings. The second-order valence-electron chi connectivity index (χ2n) is 4.88. The normalized spacial score (nSPS) is 10.3. The van der Waals surface area contributed by atoms with E-state index in [4.69, 9.17) is 4.74 Å². The first kappa shape index (κ1) is 15.6. The summed E-state index contributed by atoms with van der Waals surface area (Å²) in [6, 6.07) is 12.1. The van der Waals surface area contributed by atoms with Crippen LogP contribution in [0.15, 0.2) is 41.8 Å². The molecule has 0 saturated heterocycles. The monoisotopic (exact) mass is 303 g/mol. The number of aryl methyl sites for hydroxylation is 1. The van der Waals surface area contributed by atoms with Gasteiger partial charge in [0.25, 0.3) is 0 Å². The Hall–Kier alpha value is -1.81. The Labute approximate surface area is 130 Å². The highest BCUT2D eigenvalue weighted by molar-refractivity contribution is 7.09. The van der Waals surface area contributed by atoms with Crippen LogP contribution < -0.4 is 10.1 Å². The van der Waals surface area contributed by atoms with Gasteiger partial charge in [-0.2, -0.15) is 0 Å². The fourth-order valence-electron chi connectivity index (χ4n) is 2.14. The first-order valence-electron chi connectivity index (χ1n) is 7.20. The van der Waals surface area contributed by atoms with E-state index >= 15 is 0 Å². The highest BCUT2D eigenvalue weighted by Gasteiger charge is 2.02. The molecule has 0 fully saturated rings. The largest absolute Gasteiger partial charge is 0.497 e. The summed E-state index contributed by atoms with van der Waals surface area (Å²) < 4.78 is 5.18. The third kappa shape index (κ3) is 5.60. The van der Waals surface area contributed by atoms with Crippen LogP contribution in [0.25, 0.3) is 0 Å². The minimum atomic E-state index is 0.134. The Kier molecular flexibility index (Phi) is 6.28. The molecule has 21 heavy (non-hydrogen) atoms. The Morgan fingerprint density at radius 1 is 1.24 bits per heavy atom. The van der Waals surface area contributed by atoms with Crippen molar-refractivity contribution in [1.29, 1.82) is 0 Å². The van der Waals surface area contributed by atoms with Gasteiger partial charge in [0.05, 0.1) is 7.11 Å². The summed E-state index contributed by atoms with van der Waals surface area (Å²) in [4.78, 5) is 13.1. The van der Waals surface area contributed by atoms with E-state index in [1.165, 1.54) is 10.4 Å². The zero-order valence-corrected chi connectivity index (χ0v) is 13.1. The number of hydrogen-bond donors (Lipinski definition) is 1. The zero-order chi connectivity index (χ0) is 14.9. The molecule has 3 nitrogen and oxygen atoms in total. The molecule has 1 N–H and O–H groups in total. The molecule has 2 aromatic rings. The summed E-state index contributed by atoms with van der Waals surface area (Å²) in [7, 11) is 1.66. The number of carbonyl (C=O) groups excluding carboxylic acids is 1. The first-order chi connectivity index (χ1) is 10.3. The summed E-state index contributed by atoms with van der Waals surface area (Å²) in [6.45, 7) is 0.672. The van der Waals surface area contributed by atoms with Crippen molar-refractivity contribution in [2.24, 2.45) is 0 Å². The summed E-state index contributed by atoms with van der Waals surface area (Å²) in [6.07, 6.45) is 3.32. The standard InChI is InChI=1S/C17H21NO2S/c1-20-15-6-2-5-14(13-15)10-11-18-17(19)9-3-7-16-8-4-12-21-16/h2,4-6,8,12-13H,3,7,9-11H2,1H3,(H,18,19). The van der Waals surface area contributed by atoms with Crippen LogP contribution in [0.4, 0.5) is 0 Å². The van der Waals surface area contributed by atoms with E-state index in [0.29, 0.717) is 13.0 Å². The minimum Gasteiger partial charge on any atom is -0.497 e. The van der Waals surface area contributed by atoms with E-state index in [2.05, 4.69) is 16.8 Å². The molecule has 4 heteroatoms. The molecule has 0 saturated carbocycles. The molecule has 2 rings (SSSR count). The van der Waals surface area contributed by atoms with Gasteiger partial charge in [0.2, 0.25) is 5.91 Å². The molecule has 1 aromatic carbocycles. The van der Waals surface area contributed by atoms with Gasteiger partial charge in [0.15, 0.2) is 0 Å². The van der Waals surface area contributed by atoms with Crippen molar-refractivity contribution in [2.45, 2.75) is 25.7 Å². The van der Waals surface area contributed by atoms with Gasteiger partial charge in [-0.25, -0.2) is 0 Å². The van der Waals surface area contributed by atoms with Crippen LogP contribution in [0, 0.1) is 0 Å². The second-order valence-corrected chi connectivity index (χ2v) is 5.92. The molecule has 0 spiro atoms. The van der Waals surface area contributed by atoms with Gasteiger partial charge in [-0.05, 0) is 48.4 Å². The van der Waals surface area contributed by atoms with E-state index in [0.717, 1.165) is 25.0 Å². The van der Waals surface area contributed by atoms with Crippen LogP contribution in [0.3, 0.4) is 0 Å². The maximum atomic E-state index is 11.8. The molecule has 0 unspecified atom stereocenters. The number of rotatable bonds is 8. The van der Waals surface area contributed by atoms with Crippen molar-refractivity contribution >= 4 is 17.2 Å². The summed E-state index contributed by atoms with van der Waals surface area (Å²) in [5.74, 6) is 0.990. The zero-order valence-electron chi connectivity index (χ0n) is 12.3. The predicted molar refractivity (Wildman–Crippen MR) is 87.0 cm³/mol. The molecule has 0 aliphatic carbocycles. The summed E-state index contributed by atoms with van der Waals surface area (Å²) in [5.41, 5.74) is 1.17. The smallest absolute Gasteiger partial charge is 0.220 e.